The lowest BCUT2D eigenvalue weighted by Gasteiger charge is -2.27. The summed E-state index contributed by atoms with van der Waals surface area (Å²) in [7, 11) is 0. The lowest BCUT2D eigenvalue weighted by Crippen LogP contribution is -2.41. The van der Waals surface area contributed by atoms with Gasteiger partial charge in [0, 0.05) is 24.2 Å². The van der Waals surface area contributed by atoms with E-state index in [1.165, 1.54) is 0 Å². The highest BCUT2D eigenvalue weighted by Crippen LogP contribution is 2.18. The van der Waals surface area contributed by atoms with E-state index in [0.717, 1.165) is 5.56 Å². The quantitative estimate of drug-likeness (QED) is 0.828. The van der Waals surface area contributed by atoms with Gasteiger partial charge in [0.05, 0.1) is 6.61 Å². The number of aliphatic hydroxyl groups is 1. The Balaban J connectivity index is 2.70. The monoisotopic (exact) mass is 274 g/mol. The molecule has 0 bridgehead atoms. The summed E-state index contributed by atoms with van der Waals surface area (Å²) in [5.74, 6) is 5.51. The number of hydrogen-bond acceptors (Lipinski definition) is 3. The molecule has 4 nitrogen and oxygen atoms in total. The predicted molar refractivity (Wildman–Crippen MR) is 79.2 cm³/mol. The van der Waals surface area contributed by atoms with E-state index in [2.05, 4.69) is 42.9 Å². The average Bonchev–Trinajstić information content (AvgIpc) is 2.38. The summed E-state index contributed by atoms with van der Waals surface area (Å²) < 4.78 is 0. The lowest BCUT2D eigenvalue weighted by molar-refractivity contribution is 0.0905. The predicted octanol–water partition coefficient (Wildman–Crippen LogP) is 1.98. The van der Waals surface area contributed by atoms with Crippen molar-refractivity contribution in [3.63, 3.8) is 0 Å². The van der Waals surface area contributed by atoms with E-state index in [1.54, 1.807) is 18.3 Å². The van der Waals surface area contributed by atoms with Crippen LogP contribution in [0.4, 0.5) is 0 Å². The smallest absolute Gasteiger partial charge is 0.270 e. The largest absolute Gasteiger partial charge is 0.395 e. The minimum Gasteiger partial charge on any atom is -0.395 e. The second kappa shape index (κ2) is 7.06. The molecule has 2 N–H and O–H groups in total. The molecule has 0 aliphatic carbocycles. The van der Waals surface area contributed by atoms with Crippen LogP contribution in [0.5, 0.6) is 0 Å². The topological polar surface area (TPSA) is 62.2 Å². The molecule has 1 heterocycles. The van der Waals surface area contributed by atoms with Gasteiger partial charge in [-0.15, -0.1) is 0 Å². The standard InChI is InChI=1S/C16H22N2O2/c1-12(16(2,3)4)18-15(20)14-9-8-13(11-17-14)7-5-6-10-19/h8-9,11-12,19H,6,10H2,1-4H3,(H,18,20). The minimum atomic E-state index is -0.178. The first kappa shape index (κ1) is 16.2. The summed E-state index contributed by atoms with van der Waals surface area (Å²) in [5, 5.41) is 11.6. The number of rotatable bonds is 3. The molecule has 0 saturated carbocycles. The Morgan fingerprint density at radius 1 is 1.45 bits per heavy atom. The van der Waals surface area contributed by atoms with Crippen molar-refractivity contribution >= 4 is 5.91 Å². The molecule has 0 spiro atoms. The van der Waals surface area contributed by atoms with Crippen LogP contribution in [0.1, 0.15) is 50.2 Å². The molecule has 0 aliphatic rings. The number of nitrogens with zero attached hydrogens (tertiary/aromatic N) is 1. The number of carbonyl (C=O) groups excluding carboxylic acids is 1. The van der Waals surface area contributed by atoms with Gasteiger partial charge in [0.15, 0.2) is 0 Å². The molecule has 0 aromatic carbocycles. The molecule has 108 valence electrons. The van der Waals surface area contributed by atoms with Gasteiger partial charge in [-0.3, -0.25) is 4.79 Å². The second-order valence-electron chi connectivity index (χ2n) is 5.77. The van der Waals surface area contributed by atoms with Gasteiger partial charge in [-0.2, -0.15) is 0 Å². The molecule has 1 atom stereocenters. The Hall–Kier alpha value is -1.86. The molecule has 1 aromatic heterocycles. The Morgan fingerprint density at radius 2 is 2.15 bits per heavy atom. The molecule has 20 heavy (non-hydrogen) atoms. The van der Waals surface area contributed by atoms with Crippen molar-refractivity contribution in [1.82, 2.24) is 10.3 Å². The maximum atomic E-state index is 12.0. The van der Waals surface area contributed by atoms with Gasteiger partial charge in [0.1, 0.15) is 5.69 Å². The Bertz CT molecular complexity index is 504. The molecule has 1 unspecified atom stereocenters. The molecule has 1 aromatic rings. The van der Waals surface area contributed by atoms with Gasteiger partial charge in [0.2, 0.25) is 0 Å². The summed E-state index contributed by atoms with van der Waals surface area (Å²) in [6, 6.07) is 3.47. The van der Waals surface area contributed by atoms with Gasteiger partial charge in [-0.05, 0) is 24.5 Å². The third-order valence-corrected chi connectivity index (χ3v) is 3.11. The zero-order valence-corrected chi connectivity index (χ0v) is 12.5. The van der Waals surface area contributed by atoms with Gasteiger partial charge in [0.25, 0.3) is 5.91 Å². The van der Waals surface area contributed by atoms with Crippen LogP contribution in [0.2, 0.25) is 0 Å². The molecule has 1 amide bonds. The fraction of sp³-hybridized carbons (Fsp3) is 0.500. The van der Waals surface area contributed by atoms with Crippen molar-refractivity contribution in [2.45, 2.75) is 40.2 Å². The van der Waals surface area contributed by atoms with Crippen molar-refractivity contribution < 1.29 is 9.90 Å². The molecular formula is C16H22N2O2. The zero-order chi connectivity index (χ0) is 15.2. The SMILES string of the molecule is CC(NC(=O)c1ccc(C#CCCO)cn1)C(C)(C)C. The van der Waals surface area contributed by atoms with E-state index >= 15 is 0 Å². The maximum absolute atomic E-state index is 12.0. The van der Waals surface area contributed by atoms with Crippen molar-refractivity contribution in [3.05, 3.63) is 29.6 Å². The summed E-state index contributed by atoms with van der Waals surface area (Å²) in [6.07, 6.45) is 2.01. The zero-order valence-electron chi connectivity index (χ0n) is 12.5. The number of aliphatic hydroxyl groups excluding tert-OH is 1. The number of aromatic nitrogens is 1. The van der Waals surface area contributed by atoms with E-state index in [9.17, 15) is 4.79 Å². The highest BCUT2D eigenvalue weighted by atomic mass is 16.2. The number of amides is 1. The van der Waals surface area contributed by atoms with Crippen LogP contribution in [0, 0.1) is 17.3 Å². The highest BCUT2D eigenvalue weighted by molar-refractivity contribution is 5.92. The van der Waals surface area contributed by atoms with Gasteiger partial charge < -0.3 is 10.4 Å². The summed E-state index contributed by atoms with van der Waals surface area (Å²) in [5.41, 5.74) is 1.12. The molecule has 4 heteroatoms. The van der Waals surface area contributed by atoms with Crippen LogP contribution in [-0.4, -0.2) is 28.6 Å². The first-order valence-electron chi connectivity index (χ1n) is 6.71. The van der Waals surface area contributed by atoms with E-state index in [-0.39, 0.29) is 24.0 Å². The van der Waals surface area contributed by atoms with Crippen molar-refractivity contribution in [2.75, 3.05) is 6.61 Å². The Morgan fingerprint density at radius 3 is 2.65 bits per heavy atom. The molecule has 1 rings (SSSR count). The molecule has 0 fully saturated rings. The highest BCUT2D eigenvalue weighted by Gasteiger charge is 2.22. The lowest BCUT2D eigenvalue weighted by atomic mass is 9.88. The summed E-state index contributed by atoms with van der Waals surface area (Å²) >= 11 is 0. The first-order chi connectivity index (χ1) is 9.34. The fourth-order valence-electron chi connectivity index (χ4n) is 1.31. The van der Waals surface area contributed by atoms with Gasteiger partial charge in [-0.1, -0.05) is 32.6 Å². The van der Waals surface area contributed by atoms with Gasteiger partial charge in [-0.25, -0.2) is 4.98 Å². The van der Waals surface area contributed by atoms with E-state index < -0.39 is 0 Å². The van der Waals surface area contributed by atoms with Crippen LogP contribution in [0.25, 0.3) is 0 Å². The second-order valence-corrected chi connectivity index (χ2v) is 5.77. The third-order valence-electron chi connectivity index (χ3n) is 3.11. The molecule has 0 radical (unpaired) electrons. The molecule has 0 saturated heterocycles. The van der Waals surface area contributed by atoms with Crippen LogP contribution >= 0.6 is 0 Å². The Labute approximate surface area is 120 Å². The van der Waals surface area contributed by atoms with Gasteiger partial charge >= 0.3 is 0 Å². The third kappa shape index (κ3) is 5.02. The summed E-state index contributed by atoms with van der Waals surface area (Å²) in [4.78, 5) is 16.1. The number of pyridine rings is 1. The maximum Gasteiger partial charge on any atom is 0.270 e. The van der Waals surface area contributed by atoms with Crippen LogP contribution < -0.4 is 5.32 Å². The van der Waals surface area contributed by atoms with E-state index in [1.807, 2.05) is 6.92 Å². The van der Waals surface area contributed by atoms with Crippen molar-refractivity contribution in [3.8, 4) is 11.8 Å². The Kier molecular flexibility index (Phi) is 5.72. The number of hydrogen-bond donors (Lipinski definition) is 2. The minimum absolute atomic E-state index is 0.00533. The number of nitrogens with one attached hydrogen (secondary N) is 1. The van der Waals surface area contributed by atoms with E-state index in [4.69, 9.17) is 5.11 Å². The average molecular weight is 274 g/mol. The normalized spacial score (nSPS) is 12.2. The molecular weight excluding hydrogens is 252 g/mol. The molecule has 0 aliphatic heterocycles. The van der Waals surface area contributed by atoms with Crippen LogP contribution in [0.3, 0.4) is 0 Å². The number of carbonyl (C=O) groups is 1. The van der Waals surface area contributed by atoms with E-state index in [0.29, 0.717) is 12.1 Å². The van der Waals surface area contributed by atoms with Crippen LogP contribution in [0.15, 0.2) is 18.3 Å². The summed E-state index contributed by atoms with van der Waals surface area (Å²) in [6.45, 7) is 8.25. The van der Waals surface area contributed by atoms with Crippen molar-refractivity contribution in [1.29, 1.82) is 0 Å². The fourth-order valence-corrected chi connectivity index (χ4v) is 1.31. The van der Waals surface area contributed by atoms with Crippen LogP contribution in [-0.2, 0) is 0 Å². The first-order valence-corrected chi connectivity index (χ1v) is 6.71. The van der Waals surface area contributed by atoms with Crippen molar-refractivity contribution in [2.24, 2.45) is 5.41 Å².